The van der Waals surface area contributed by atoms with Crippen LogP contribution in [-0.2, 0) is 4.74 Å². The van der Waals surface area contributed by atoms with Gasteiger partial charge in [0.05, 0.1) is 11.7 Å². The van der Waals surface area contributed by atoms with Gasteiger partial charge in [0.25, 0.3) is 0 Å². The van der Waals surface area contributed by atoms with Crippen molar-refractivity contribution in [3.05, 3.63) is 29.8 Å². The lowest BCUT2D eigenvalue weighted by Gasteiger charge is -2.29. The molecule has 0 spiro atoms. The maximum atomic E-state index is 5.71. The van der Waals surface area contributed by atoms with Gasteiger partial charge in [0.1, 0.15) is 5.75 Å². The van der Waals surface area contributed by atoms with E-state index in [4.69, 9.17) is 9.47 Å². The van der Waals surface area contributed by atoms with E-state index in [2.05, 4.69) is 50.4 Å². The van der Waals surface area contributed by atoms with Crippen LogP contribution in [0.1, 0.15) is 59.1 Å². The summed E-state index contributed by atoms with van der Waals surface area (Å²) < 4.78 is 11.3. The highest BCUT2D eigenvalue weighted by Crippen LogP contribution is 2.27. The van der Waals surface area contributed by atoms with Crippen LogP contribution in [0.3, 0.4) is 0 Å². The van der Waals surface area contributed by atoms with Gasteiger partial charge in [-0.05, 0) is 64.8 Å². The van der Waals surface area contributed by atoms with Crippen molar-refractivity contribution in [2.75, 3.05) is 13.7 Å². The molecule has 1 unspecified atom stereocenters. The molecule has 0 aromatic heterocycles. The molecule has 0 aliphatic carbocycles. The van der Waals surface area contributed by atoms with Gasteiger partial charge in [-0.1, -0.05) is 19.1 Å². The third-order valence-electron chi connectivity index (χ3n) is 3.54. The molecule has 21 heavy (non-hydrogen) atoms. The Morgan fingerprint density at radius 1 is 1.14 bits per heavy atom. The summed E-state index contributed by atoms with van der Waals surface area (Å²) in [5.41, 5.74) is 1.14. The minimum absolute atomic E-state index is 0.140. The Balaban J connectivity index is 2.82. The summed E-state index contributed by atoms with van der Waals surface area (Å²) in [6.07, 6.45) is 2.27. The molecule has 1 N–H and O–H groups in total. The van der Waals surface area contributed by atoms with Gasteiger partial charge in [-0.3, -0.25) is 0 Å². The van der Waals surface area contributed by atoms with E-state index in [1.807, 2.05) is 13.8 Å². The lowest BCUT2D eigenvalue weighted by Crippen LogP contribution is -2.32. The summed E-state index contributed by atoms with van der Waals surface area (Å²) in [4.78, 5) is 0. The molecule has 0 aliphatic heterocycles. The average molecular weight is 293 g/mol. The van der Waals surface area contributed by atoms with Gasteiger partial charge < -0.3 is 14.8 Å². The molecule has 0 saturated heterocycles. The van der Waals surface area contributed by atoms with Gasteiger partial charge in [0, 0.05) is 13.2 Å². The molecule has 120 valence electrons. The van der Waals surface area contributed by atoms with E-state index in [-0.39, 0.29) is 11.7 Å². The molecule has 1 rings (SSSR count). The molecule has 1 atom stereocenters. The molecule has 1 aromatic carbocycles. The van der Waals surface area contributed by atoms with Crippen molar-refractivity contribution < 1.29 is 9.47 Å². The second-order valence-electron chi connectivity index (χ2n) is 6.41. The Hall–Kier alpha value is -1.06. The van der Waals surface area contributed by atoms with E-state index in [9.17, 15) is 0 Å². The van der Waals surface area contributed by atoms with Crippen molar-refractivity contribution in [2.45, 2.75) is 65.2 Å². The van der Waals surface area contributed by atoms with E-state index < -0.39 is 0 Å². The highest BCUT2D eigenvalue weighted by molar-refractivity contribution is 5.29. The number of hydrogen-bond donors (Lipinski definition) is 1. The van der Waals surface area contributed by atoms with Crippen molar-refractivity contribution in [1.82, 2.24) is 5.32 Å². The fourth-order valence-electron chi connectivity index (χ4n) is 2.25. The largest absolute Gasteiger partial charge is 0.491 e. The van der Waals surface area contributed by atoms with Gasteiger partial charge in [0.15, 0.2) is 0 Å². The minimum atomic E-state index is -0.140. The number of hydrogen-bond acceptors (Lipinski definition) is 3. The molecule has 0 fully saturated rings. The maximum absolute atomic E-state index is 5.71. The molecule has 0 bridgehead atoms. The van der Waals surface area contributed by atoms with Crippen LogP contribution in [0.15, 0.2) is 24.3 Å². The Bertz CT molecular complexity index is 398. The van der Waals surface area contributed by atoms with Crippen LogP contribution in [0.2, 0.25) is 0 Å². The van der Waals surface area contributed by atoms with Gasteiger partial charge in [-0.15, -0.1) is 0 Å². The number of methoxy groups -OCH3 is 1. The number of rotatable bonds is 9. The van der Waals surface area contributed by atoms with Crippen molar-refractivity contribution in [2.24, 2.45) is 0 Å². The van der Waals surface area contributed by atoms with Crippen LogP contribution >= 0.6 is 0 Å². The quantitative estimate of drug-likeness (QED) is 0.735. The van der Waals surface area contributed by atoms with Gasteiger partial charge in [0.2, 0.25) is 0 Å². The summed E-state index contributed by atoms with van der Waals surface area (Å²) in [5.74, 6) is 0.925. The molecule has 0 radical (unpaired) electrons. The lowest BCUT2D eigenvalue weighted by molar-refractivity contribution is 0.00685. The smallest absolute Gasteiger partial charge is 0.119 e. The van der Waals surface area contributed by atoms with Crippen molar-refractivity contribution in [3.8, 4) is 5.75 Å². The van der Waals surface area contributed by atoms with E-state index in [1.54, 1.807) is 7.11 Å². The molecule has 0 amide bonds. The first-order chi connectivity index (χ1) is 9.88. The summed E-state index contributed by atoms with van der Waals surface area (Å²) >= 11 is 0. The average Bonchev–Trinajstić information content (AvgIpc) is 2.43. The van der Waals surface area contributed by atoms with Crippen LogP contribution in [0.25, 0.3) is 0 Å². The molecule has 3 nitrogen and oxygen atoms in total. The summed E-state index contributed by atoms with van der Waals surface area (Å²) in [6.45, 7) is 11.5. The fraction of sp³-hybridized carbons (Fsp3) is 0.667. The van der Waals surface area contributed by atoms with E-state index in [0.29, 0.717) is 6.04 Å². The highest BCUT2D eigenvalue weighted by atomic mass is 16.5. The first-order valence-electron chi connectivity index (χ1n) is 7.93. The van der Waals surface area contributed by atoms with Crippen molar-refractivity contribution >= 4 is 0 Å². The zero-order valence-corrected chi connectivity index (χ0v) is 14.4. The van der Waals surface area contributed by atoms with E-state index in [1.165, 1.54) is 5.56 Å². The fourth-order valence-corrected chi connectivity index (χ4v) is 2.25. The predicted octanol–water partition coefficient (Wildman–Crippen LogP) is 4.33. The Kier molecular flexibility index (Phi) is 7.20. The zero-order valence-electron chi connectivity index (χ0n) is 14.4. The summed E-state index contributed by atoms with van der Waals surface area (Å²) in [7, 11) is 1.77. The van der Waals surface area contributed by atoms with Crippen LogP contribution in [0, 0.1) is 0 Å². The zero-order chi connectivity index (χ0) is 15.9. The monoisotopic (exact) mass is 293 g/mol. The predicted molar refractivity (Wildman–Crippen MR) is 88.9 cm³/mol. The van der Waals surface area contributed by atoms with Crippen LogP contribution < -0.4 is 10.1 Å². The topological polar surface area (TPSA) is 30.5 Å². The van der Waals surface area contributed by atoms with Gasteiger partial charge in [-0.2, -0.15) is 0 Å². The maximum Gasteiger partial charge on any atom is 0.119 e. The normalized spacial score (nSPS) is 13.5. The standard InChI is InChI=1S/C18H31NO2/c1-7-12-19-17(13-18(4,5)20-6)15-8-10-16(11-9-15)21-14(2)3/h8-11,14,17,19H,7,12-13H2,1-6H3. The van der Waals surface area contributed by atoms with Gasteiger partial charge >= 0.3 is 0 Å². The van der Waals surface area contributed by atoms with Crippen LogP contribution in [0.4, 0.5) is 0 Å². The number of benzene rings is 1. The van der Waals surface area contributed by atoms with Crippen molar-refractivity contribution in [3.63, 3.8) is 0 Å². The van der Waals surface area contributed by atoms with Gasteiger partial charge in [-0.25, -0.2) is 0 Å². The van der Waals surface area contributed by atoms with E-state index >= 15 is 0 Å². The third kappa shape index (κ3) is 6.49. The molecule has 0 saturated carbocycles. The Morgan fingerprint density at radius 3 is 2.24 bits per heavy atom. The van der Waals surface area contributed by atoms with Crippen LogP contribution in [-0.4, -0.2) is 25.4 Å². The third-order valence-corrected chi connectivity index (χ3v) is 3.54. The first kappa shape index (κ1) is 18.0. The number of ether oxygens (including phenoxy) is 2. The number of nitrogens with one attached hydrogen (secondary N) is 1. The summed E-state index contributed by atoms with van der Waals surface area (Å²) in [6, 6.07) is 8.70. The molecule has 3 heteroatoms. The Labute approximate surface area is 130 Å². The highest BCUT2D eigenvalue weighted by Gasteiger charge is 2.23. The van der Waals surface area contributed by atoms with E-state index in [0.717, 1.165) is 25.1 Å². The molecular formula is C18H31NO2. The second-order valence-corrected chi connectivity index (χ2v) is 6.41. The minimum Gasteiger partial charge on any atom is -0.491 e. The molecule has 0 aliphatic rings. The molecular weight excluding hydrogens is 262 g/mol. The van der Waals surface area contributed by atoms with Crippen molar-refractivity contribution in [1.29, 1.82) is 0 Å². The summed E-state index contributed by atoms with van der Waals surface area (Å²) in [5, 5.41) is 3.62. The van der Waals surface area contributed by atoms with Crippen LogP contribution in [0.5, 0.6) is 5.75 Å². The SMILES string of the molecule is CCCNC(CC(C)(C)OC)c1ccc(OC(C)C)cc1. The Morgan fingerprint density at radius 2 is 1.76 bits per heavy atom. The molecule has 0 heterocycles. The molecule has 1 aromatic rings. The second kappa shape index (κ2) is 8.40. The first-order valence-corrected chi connectivity index (χ1v) is 7.93. The lowest BCUT2D eigenvalue weighted by atomic mass is 9.93.